The van der Waals surface area contributed by atoms with Crippen LogP contribution in [0, 0.1) is 20.8 Å². The highest BCUT2D eigenvalue weighted by Crippen LogP contribution is 2.32. The van der Waals surface area contributed by atoms with Crippen LogP contribution in [0.5, 0.6) is 0 Å². The lowest BCUT2D eigenvalue weighted by Crippen LogP contribution is -2.44. The van der Waals surface area contributed by atoms with E-state index in [1.165, 1.54) is 11.2 Å². The molecule has 5 nitrogen and oxygen atoms in total. The minimum absolute atomic E-state index is 0.212. The second kappa shape index (κ2) is 5.91. The number of hydrogen-bond acceptors (Lipinski definition) is 4. The predicted octanol–water partition coefficient (Wildman–Crippen LogP) is 3.17. The summed E-state index contributed by atoms with van der Waals surface area (Å²) in [6, 6.07) is 6.66. The Kier molecular flexibility index (Phi) is 3.94. The zero-order chi connectivity index (χ0) is 16.6. The molecule has 0 N–H and O–H groups in total. The molecule has 5 heteroatoms. The van der Waals surface area contributed by atoms with Gasteiger partial charge in [-0.3, -0.25) is 9.69 Å². The first-order valence-corrected chi connectivity index (χ1v) is 7.60. The fourth-order valence-corrected chi connectivity index (χ4v) is 3.19. The smallest absolute Gasteiger partial charge is 0.329 e. The number of amides is 1. The van der Waals surface area contributed by atoms with Crippen molar-refractivity contribution in [3.63, 3.8) is 0 Å². The van der Waals surface area contributed by atoms with Gasteiger partial charge in [-0.1, -0.05) is 17.7 Å². The number of carbonyl (C=O) groups excluding carboxylic acids is 2. The van der Waals surface area contributed by atoms with Crippen molar-refractivity contribution in [1.29, 1.82) is 0 Å². The molecule has 0 saturated carbocycles. The topological polar surface area (TPSA) is 59.8 Å². The Morgan fingerprint density at radius 1 is 1.22 bits per heavy atom. The number of anilines is 1. The fourth-order valence-electron chi connectivity index (χ4n) is 3.19. The van der Waals surface area contributed by atoms with Crippen molar-refractivity contribution in [2.75, 3.05) is 11.5 Å². The summed E-state index contributed by atoms with van der Waals surface area (Å²) in [5, 5.41) is 0. The summed E-state index contributed by atoms with van der Waals surface area (Å²) in [7, 11) is 0. The zero-order valence-electron chi connectivity index (χ0n) is 13.5. The van der Waals surface area contributed by atoms with Gasteiger partial charge in [-0.05, 0) is 44.0 Å². The molecule has 1 saturated heterocycles. The van der Waals surface area contributed by atoms with Crippen LogP contribution in [-0.4, -0.2) is 24.5 Å². The number of hydrogen-bond donors (Lipinski definition) is 0. The predicted molar refractivity (Wildman–Crippen MR) is 85.5 cm³/mol. The van der Waals surface area contributed by atoms with E-state index < -0.39 is 6.04 Å². The Morgan fingerprint density at radius 3 is 2.43 bits per heavy atom. The van der Waals surface area contributed by atoms with Crippen molar-refractivity contribution in [2.45, 2.75) is 33.2 Å². The fraction of sp³-hybridized carbons (Fsp3) is 0.333. The van der Waals surface area contributed by atoms with Gasteiger partial charge in [-0.25, -0.2) is 4.79 Å². The number of benzene rings is 1. The third-order valence-electron chi connectivity index (χ3n) is 4.05. The quantitative estimate of drug-likeness (QED) is 0.817. The van der Waals surface area contributed by atoms with E-state index in [-0.39, 0.29) is 17.6 Å². The van der Waals surface area contributed by atoms with E-state index in [9.17, 15) is 9.59 Å². The molecule has 1 aromatic carbocycles. The molecule has 0 aliphatic carbocycles. The van der Waals surface area contributed by atoms with Gasteiger partial charge in [0, 0.05) is 6.42 Å². The van der Waals surface area contributed by atoms with Crippen LogP contribution in [0.2, 0.25) is 0 Å². The summed E-state index contributed by atoms with van der Waals surface area (Å²) in [5.41, 5.74) is 3.76. The van der Waals surface area contributed by atoms with Crippen LogP contribution in [0.15, 0.2) is 34.9 Å². The summed E-state index contributed by atoms with van der Waals surface area (Å²) in [6.07, 6.45) is 1.94. The molecule has 0 spiro atoms. The van der Waals surface area contributed by atoms with Crippen molar-refractivity contribution < 1.29 is 18.7 Å². The molecular weight excluding hydrogens is 294 g/mol. The third-order valence-corrected chi connectivity index (χ3v) is 4.05. The highest BCUT2D eigenvalue weighted by molar-refractivity contribution is 6.08. The maximum atomic E-state index is 13.0. The Morgan fingerprint density at radius 2 is 1.91 bits per heavy atom. The molecular formula is C18H19NO4. The number of esters is 1. The lowest BCUT2D eigenvalue weighted by molar-refractivity contribution is -0.139. The van der Waals surface area contributed by atoms with E-state index in [1.807, 2.05) is 32.9 Å². The monoisotopic (exact) mass is 313 g/mol. The minimum Gasteiger partial charge on any atom is -0.464 e. The Hall–Kier alpha value is -2.56. The van der Waals surface area contributed by atoms with E-state index >= 15 is 0 Å². The van der Waals surface area contributed by atoms with Gasteiger partial charge in [0.1, 0.15) is 6.04 Å². The summed E-state index contributed by atoms with van der Waals surface area (Å²) in [4.78, 5) is 26.6. The highest BCUT2D eigenvalue weighted by Gasteiger charge is 2.38. The number of carbonyl (C=O) groups is 2. The first-order chi connectivity index (χ1) is 11.0. The van der Waals surface area contributed by atoms with Gasteiger partial charge in [0.05, 0.1) is 18.6 Å². The van der Waals surface area contributed by atoms with Gasteiger partial charge in [0.2, 0.25) is 0 Å². The normalized spacial score (nSPS) is 17.2. The van der Waals surface area contributed by atoms with Gasteiger partial charge < -0.3 is 9.15 Å². The molecule has 1 aliphatic heterocycles. The maximum Gasteiger partial charge on any atom is 0.329 e. The molecule has 1 aromatic heterocycles. The Labute approximate surface area is 134 Å². The summed E-state index contributed by atoms with van der Waals surface area (Å²) in [6.45, 7) is 6.22. The first kappa shape index (κ1) is 15.3. The van der Waals surface area contributed by atoms with Crippen molar-refractivity contribution >= 4 is 17.6 Å². The number of rotatable bonds is 3. The molecule has 2 heterocycles. The van der Waals surface area contributed by atoms with Crippen LogP contribution in [-0.2, 0) is 9.53 Å². The van der Waals surface area contributed by atoms with Crippen molar-refractivity contribution in [3.05, 3.63) is 53.0 Å². The van der Waals surface area contributed by atoms with Crippen LogP contribution >= 0.6 is 0 Å². The van der Waals surface area contributed by atoms with Crippen molar-refractivity contribution in [2.24, 2.45) is 0 Å². The highest BCUT2D eigenvalue weighted by atomic mass is 16.5. The van der Waals surface area contributed by atoms with Crippen molar-refractivity contribution in [3.8, 4) is 0 Å². The van der Waals surface area contributed by atoms with Gasteiger partial charge in [0.25, 0.3) is 5.91 Å². The maximum absolute atomic E-state index is 13.0. The van der Waals surface area contributed by atoms with Gasteiger partial charge in [-0.15, -0.1) is 0 Å². The standard InChI is InChI=1S/C18H19NO4/c1-11-9-12(2)16(13(3)10-11)19(14-6-8-23-18(14)21)17(20)15-5-4-7-22-15/h4-5,7,9-10,14H,6,8H2,1-3H3. The van der Waals surface area contributed by atoms with E-state index in [2.05, 4.69) is 0 Å². The summed E-state index contributed by atoms with van der Waals surface area (Å²) >= 11 is 0. The number of ether oxygens (including phenoxy) is 1. The summed E-state index contributed by atoms with van der Waals surface area (Å²) in [5.74, 6) is -0.484. The molecule has 120 valence electrons. The largest absolute Gasteiger partial charge is 0.464 e. The molecule has 23 heavy (non-hydrogen) atoms. The lowest BCUT2D eigenvalue weighted by atomic mass is 10.0. The van der Waals surface area contributed by atoms with Crippen LogP contribution in [0.25, 0.3) is 0 Å². The van der Waals surface area contributed by atoms with Crippen LogP contribution in [0.4, 0.5) is 5.69 Å². The molecule has 0 radical (unpaired) electrons. The van der Waals surface area contributed by atoms with E-state index in [4.69, 9.17) is 9.15 Å². The third kappa shape index (κ3) is 2.74. The second-order valence-electron chi connectivity index (χ2n) is 5.87. The lowest BCUT2D eigenvalue weighted by Gasteiger charge is -2.29. The van der Waals surface area contributed by atoms with Crippen LogP contribution in [0.1, 0.15) is 33.7 Å². The molecule has 1 aliphatic rings. The molecule has 0 bridgehead atoms. The van der Waals surface area contributed by atoms with Crippen molar-refractivity contribution in [1.82, 2.24) is 0 Å². The number of cyclic esters (lactones) is 1. The number of furan rings is 1. The average molecular weight is 313 g/mol. The summed E-state index contributed by atoms with van der Waals surface area (Å²) < 4.78 is 10.3. The molecule has 1 amide bonds. The van der Waals surface area contributed by atoms with E-state index in [0.29, 0.717) is 13.0 Å². The number of aryl methyl sites for hydroxylation is 3. The first-order valence-electron chi connectivity index (χ1n) is 7.60. The number of nitrogens with zero attached hydrogens (tertiary/aromatic N) is 1. The molecule has 1 fully saturated rings. The Balaban J connectivity index is 2.13. The van der Waals surface area contributed by atoms with Gasteiger partial charge in [-0.2, -0.15) is 0 Å². The van der Waals surface area contributed by atoms with Gasteiger partial charge in [0.15, 0.2) is 5.76 Å². The van der Waals surface area contributed by atoms with Crippen LogP contribution in [0.3, 0.4) is 0 Å². The molecule has 2 aromatic rings. The Bertz CT molecular complexity index is 725. The SMILES string of the molecule is Cc1cc(C)c(N(C(=O)c2ccco2)C2CCOC2=O)c(C)c1. The van der Waals surface area contributed by atoms with E-state index in [1.54, 1.807) is 12.1 Å². The molecule has 3 rings (SSSR count). The van der Waals surface area contributed by atoms with Crippen LogP contribution < -0.4 is 4.90 Å². The zero-order valence-corrected chi connectivity index (χ0v) is 13.5. The van der Waals surface area contributed by atoms with E-state index in [0.717, 1.165) is 22.4 Å². The van der Waals surface area contributed by atoms with Gasteiger partial charge >= 0.3 is 5.97 Å². The minimum atomic E-state index is -0.618. The average Bonchev–Trinajstić information content (AvgIpc) is 3.13. The molecule has 1 atom stereocenters. The molecule has 1 unspecified atom stereocenters. The second-order valence-corrected chi connectivity index (χ2v) is 5.87.